The van der Waals surface area contributed by atoms with E-state index >= 15 is 0 Å². The molecular weight excluding hydrogens is 475 g/mol. The standard InChI is InChI=1S/C27H24F3NO5/c1-34-23-15-19(16-24(35-2)26(23)36-3)5-4-18-8-12-21(22(32)14-18)31-25(33)13-9-17-6-10-20(11-7-17)27(28,29)30/h4-16,32H,1-3H3,(H,31,33)/b5-4+,13-9+. The molecule has 3 rings (SSSR count). The lowest BCUT2D eigenvalue weighted by Gasteiger charge is -2.12. The van der Waals surface area contributed by atoms with Gasteiger partial charge < -0.3 is 24.6 Å². The Morgan fingerprint density at radius 2 is 1.39 bits per heavy atom. The fourth-order valence-corrected chi connectivity index (χ4v) is 3.28. The molecule has 0 bridgehead atoms. The Bertz CT molecular complexity index is 1260. The molecule has 0 aliphatic rings. The van der Waals surface area contributed by atoms with Gasteiger partial charge in [-0.25, -0.2) is 0 Å². The summed E-state index contributed by atoms with van der Waals surface area (Å²) in [5.74, 6) is 0.773. The Morgan fingerprint density at radius 3 is 1.92 bits per heavy atom. The number of anilines is 1. The first-order chi connectivity index (χ1) is 17.1. The lowest BCUT2D eigenvalue weighted by molar-refractivity contribution is -0.137. The van der Waals surface area contributed by atoms with Crippen LogP contribution in [-0.4, -0.2) is 32.3 Å². The first-order valence-corrected chi connectivity index (χ1v) is 10.6. The van der Waals surface area contributed by atoms with Crippen molar-refractivity contribution in [2.75, 3.05) is 26.6 Å². The molecule has 0 aliphatic carbocycles. The van der Waals surface area contributed by atoms with E-state index in [1.165, 1.54) is 57.7 Å². The number of benzene rings is 3. The Balaban J connectivity index is 1.68. The molecule has 188 valence electrons. The molecule has 3 aromatic carbocycles. The number of halogens is 3. The first kappa shape index (κ1) is 26.2. The zero-order chi connectivity index (χ0) is 26.3. The largest absolute Gasteiger partial charge is 0.506 e. The van der Waals surface area contributed by atoms with Crippen LogP contribution in [0.4, 0.5) is 18.9 Å². The topological polar surface area (TPSA) is 77.0 Å². The lowest BCUT2D eigenvalue weighted by Crippen LogP contribution is -2.08. The second-order valence-corrected chi connectivity index (χ2v) is 7.51. The number of hydrogen-bond acceptors (Lipinski definition) is 5. The van der Waals surface area contributed by atoms with Crippen LogP contribution in [0.3, 0.4) is 0 Å². The third-order valence-corrected chi connectivity index (χ3v) is 5.10. The summed E-state index contributed by atoms with van der Waals surface area (Å²) in [5.41, 5.74) is 1.28. The fraction of sp³-hybridized carbons (Fsp3) is 0.148. The van der Waals surface area contributed by atoms with Crippen LogP contribution in [0, 0.1) is 0 Å². The minimum Gasteiger partial charge on any atom is -0.506 e. The van der Waals surface area contributed by atoms with Crippen LogP contribution in [0.25, 0.3) is 18.2 Å². The van der Waals surface area contributed by atoms with Crippen molar-refractivity contribution >= 4 is 29.8 Å². The van der Waals surface area contributed by atoms with Crippen molar-refractivity contribution in [3.05, 3.63) is 82.9 Å². The number of hydrogen-bond donors (Lipinski definition) is 2. The molecule has 0 saturated carbocycles. The highest BCUT2D eigenvalue weighted by Crippen LogP contribution is 2.38. The number of ether oxygens (including phenoxy) is 3. The molecule has 0 aromatic heterocycles. The number of methoxy groups -OCH3 is 3. The van der Waals surface area contributed by atoms with Gasteiger partial charge in [-0.05, 0) is 59.2 Å². The molecule has 0 radical (unpaired) electrons. The van der Waals surface area contributed by atoms with Crippen molar-refractivity contribution in [2.24, 2.45) is 0 Å². The monoisotopic (exact) mass is 499 g/mol. The third-order valence-electron chi connectivity index (χ3n) is 5.10. The maximum absolute atomic E-state index is 12.6. The van der Waals surface area contributed by atoms with Crippen molar-refractivity contribution in [1.29, 1.82) is 0 Å². The second kappa shape index (κ2) is 11.4. The zero-order valence-electron chi connectivity index (χ0n) is 19.7. The fourth-order valence-electron chi connectivity index (χ4n) is 3.28. The molecule has 0 fully saturated rings. The van der Waals surface area contributed by atoms with Gasteiger partial charge in [0.15, 0.2) is 11.5 Å². The van der Waals surface area contributed by atoms with Crippen LogP contribution in [0.2, 0.25) is 0 Å². The summed E-state index contributed by atoms with van der Waals surface area (Å²) in [6.45, 7) is 0. The Morgan fingerprint density at radius 1 is 0.806 bits per heavy atom. The van der Waals surface area contributed by atoms with E-state index in [4.69, 9.17) is 14.2 Å². The summed E-state index contributed by atoms with van der Waals surface area (Å²) in [7, 11) is 4.56. The predicted octanol–water partition coefficient (Wildman–Crippen LogP) is 6.26. The van der Waals surface area contributed by atoms with Gasteiger partial charge in [0.1, 0.15) is 5.75 Å². The number of carbonyl (C=O) groups is 1. The van der Waals surface area contributed by atoms with Gasteiger partial charge in [-0.1, -0.05) is 30.4 Å². The van der Waals surface area contributed by atoms with Gasteiger partial charge >= 0.3 is 6.18 Å². The molecule has 2 N–H and O–H groups in total. The number of aromatic hydroxyl groups is 1. The van der Waals surface area contributed by atoms with E-state index < -0.39 is 17.6 Å². The number of phenolic OH excluding ortho intramolecular Hbond substituents is 1. The molecule has 0 spiro atoms. The molecule has 0 unspecified atom stereocenters. The van der Waals surface area contributed by atoms with Crippen LogP contribution in [0.5, 0.6) is 23.0 Å². The maximum Gasteiger partial charge on any atom is 0.416 e. The average Bonchev–Trinajstić information content (AvgIpc) is 2.86. The molecule has 1 amide bonds. The van der Waals surface area contributed by atoms with E-state index in [0.29, 0.717) is 28.4 Å². The van der Waals surface area contributed by atoms with Crippen LogP contribution in [0.15, 0.2) is 60.7 Å². The van der Waals surface area contributed by atoms with E-state index in [1.807, 2.05) is 0 Å². The second-order valence-electron chi connectivity index (χ2n) is 7.51. The molecule has 0 heterocycles. The molecule has 3 aromatic rings. The number of amides is 1. The van der Waals surface area contributed by atoms with Gasteiger partial charge in [0, 0.05) is 6.08 Å². The van der Waals surface area contributed by atoms with Crippen molar-refractivity contribution in [3.63, 3.8) is 0 Å². The highest BCUT2D eigenvalue weighted by atomic mass is 19.4. The summed E-state index contributed by atoms with van der Waals surface area (Å²) in [4.78, 5) is 12.2. The summed E-state index contributed by atoms with van der Waals surface area (Å²) in [6.07, 6.45) is 1.68. The number of alkyl halides is 3. The van der Waals surface area contributed by atoms with E-state index in [2.05, 4.69) is 5.32 Å². The molecular formula is C27H24F3NO5. The molecule has 36 heavy (non-hydrogen) atoms. The van der Waals surface area contributed by atoms with Crippen LogP contribution < -0.4 is 19.5 Å². The number of rotatable bonds is 8. The third kappa shape index (κ3) is 6.59. The van der Waals surface area contributed by atoms with Gasteiger partial charge in [0.25, 0.3) is 0 Å². The van der Waals surface area contributed by atoms with Crippen molar-refractivity contribution in [2.45, 2.75) is 6.18 Å². The summed E-state index contributed by atoms with van der Waals surface area (Å²) in [5, 5.41) is 12.9. The predicted molar refractivity (Wildman–Crippen MR) is 132 cm³/mol. The first-order valence-electron chi connectivity index (χ1n) is 10.6. The minimum absolute atomic E-state index is 0.154. The summed E-state index contributed by atoms with van der Waals surface area (Å²) in [6, 6.07) is 12.7. The van der Waals surface area contributed by atoms with Crippen molar-refractivity contribution in [3.8, 4) is 23.0 Å². The van der Waals surface area contributed by atoms with Gasteiger partial charge in [0.2, 0.25) is 11.7 Å². The molecule has 9 heteroatoms. The minimum atomic E-state index is -4.42. The van der Waals surface area contributed by atoms with Gasteiger partial charge in [-0.2, -0.15) is 13.2 Å². The van der Waals surface area contributed by atoms with E-state index in [9.17, 15) is 23.1 Å². The van der Waals surface area contributed by atoms with Gasteiger partial charge in [0.05, 0.1) is 32.6 Å². The average molecular weight is 499 g/mol. The quantitative estimate of drug-likeness (QED) is 0.217. The molecule has 6 nitrogen and oxygen atoms in total. The Kier molecular flexibility index (Phi) is 8.26. The lowest BCUT2D eigenvalue weighted by atomic mass is 10.1. The molecule has 0 saturated heterocycles. The van der Waals surface area contributed by atoms with E-state index in [1.54, 1.807) is 30.4 Å². The van der Waals surface area contributed by atoms with E-state index in [-0.39, 0.29) is 11.4 Å². The SMILES string of the molecule is COc1cc(/C=C/c2ccc(NC(=O)/C=C/c3ccc(C(F)(F)F)cc3)c(O)c2)cc(OC)c1OC. The van der Waals surface area contributed by atoms with Crippen LogP contribution in [0.1, 0.15) is 22.3 Å². The summed E-state index contributed by atoms with van der Waals surface area (Å²) < 4.78 is 53.9. The Hall–Kier alpha value is -4.40. The van der Waals surface area contributed by atoms with Crippen LogP contribution in [-0.2, 0) is 11.0 Å². The highest BCUT2D eigenvalue weighted by molar-refractivity contribution is 6.02. The van der Waals surface area contributed by atoms with Crippen molar-refractivity contribution in [1.82, 2.24) is 0 Å². The maximum atomic E-state index is 12.6. The number of nitrogens with one attached hydrogen (secondary N) is 1. The Labute approximate surface area is 206 Å². The van der Waals surface area contributed by atoms with E-state index in [0.717, 1.165) is 17.7 Å². The number of carbonyl (C=O) groups excluding carboxylic acids is 1. The normalized spacial score (nSPS) is 11.6. The smallest absolute Gasteiger partial charge is 0.416 e. The van der Waals surface area contributed by atoms with Crippen LogP contribution >= 0.6 is 0 Å². The van der Waals surface area contributed by atoms with Gasteiger partial charge in [-0.3, -0.25) is 4.79 Å². The van der Waals surface area contributed by atoms with Gasteiger partial charge in [-0.15, -0.1) is 0 Å². The highest BCUT2D eigenvalue weighted by Gasteiger charge is 2.29. The zero-order valence-corrected chi connectivity index (χ0v) is 19.7. The number of phenols is 1. The van der Waals surface area contributed by atoms with Crippen molar-refractivity contribution < 1.29 is 37.3 Å². The molecule has 0 atom stereocenters. The molecule has 0 aliphatic heterocycles. The summed E-state index contributed by atoms with van der Waals surface area (Å²) >= 11 is 0.